The molecule has 0 atom stereocenters. The van der Waals surface area contributed by atoms with Gasteiger partial charge in [0.25, 0.3) is 0 Å². The van der Waals surface area contributed by atoms with Crippen LogP contribution in [-0.4, -0.2) is 16.0 Å². The molecule has 3 aromatic rings. The average Bonchev–Trinajstić information content (AvgIpc) is 2.89. The van der Waals surface area contributed by atoms with E-state index in [1.165, 1.54) is 16.5 Å². The lowest BCUT2D eigenvalue weighted by molar-refractivity contribution is 0.243. The maximum atomic E-state index is 2.57. The lowest BCUT2D eigenvalue weighted by atomic mass is 10.0. The molecular formula is C20H22N2. The lowest BCUT2D eigenvalue weighted by Gasteiger charge is -2.28. The van der Waals surface area contributed by atoms with Gasteiger partial charge < -0.3 is 4.57 Å². The standard InChI is InChI=1S/C20H22N2/c1-2-22-19-11-7-6-10-17(19)18-15-21(13-12-20(18)22)14-16-8-4-3-5-9-16/h3-11H,2,12-15H2,1H3. The predicted octanol–water partition coefficient (Wildman–Crippen LogP) is 4.22. The fourth-order valence-electron chi connectivity index (χ4n) is 3.79. The van der Waals surface area contributed by atoms with Crippen LogP contribution in [0.15, 0.2) is 54.6 Å². The third-order valence-corrected chi connectivity index (χ3v) is 4.81. The second kappa shape index (κ2) is 5.62. The van der Waals surface area contributed by atoms with Gasteiger partial charge in [-0.2, -0.15) is 0 Å². The minimum atomic E-state index is 1.05. The molecule has 0 radical (unpaired) electrons. The zero-order valence-corrected chi connectivity index (χ0v) is 13.1. The van der Waals surface area contributed by atoms with Crippen LogP contribution in [0.3, 0.4) is 0 Å². The summed E-state index contributed by atoms with van der Waals surface area (Å²) in [5, 5.41) is 1.44. The Morgan fingerprint density at radius 3 is 2.55 bits per heavy atom. The molecule has 0 saturated heterocycles. The Bertz CT molecular complexity index is 786. The number of aromatic nitrogens is 1. The molecule has 2 heterocycles. The van der Waals surface area contributed by atoms with Crippen molar-refractivity contribution in [2.24, 2.45) is 0 Å². The van der Waals surface area contributed by atoms with Crippen LogP contribution < -0.4 is 0 Å². The first-order valence-corrected chi connectivity index (χ1v) is 8.22. The van der Waals surface area contributed by atoms with Crippen LogP contribution in [-0.2, 0) is 26.1 Å². The van der Waals surface area contributed by atoms with Gasteiger partial charge in [-0.25, -0.2) is 0 Å². The Hall–Kier alpha value is -2.06. The molecule has 2 heteroatoms. The zero-order chi connectivity index (χ0) is 14.9. The quantitative estimate of drug-likeness (QED) is 0.701. The summed E-state index contributed by atoms with van der Waals surface area (Å²) in [6.07, 6.45) is 1.16. The highest BCUT2D eigenvalue weighted by Crippen LogP contribution is 2.31. The molecule has 4 rings (SSSR count). The van der Waals surface area contributed by atoms with Crippen molar-refractivity contribution in [3.8, 4) is 0 Å². The molecule has 0 unspecified atom stereocenters. The summed E-state index contributed by atoms with van der Waals surface area (Å²) in [6, 6.07) is 19.7. The highest BCUT2D eigenvalue weighted by molar-refractivity contribution is 5.85. The van der Waals surface area contributed by atoms with E-state index in [1.807, 2.05) is 0 Å². The van der Waals surface area contributed by atoms with Crippen molar-refractivity contribution in [1.29, 1.82) is 0 Å². The Kier molecular flexibility index (Phi) is 3.47. The number of hydrogen-bond donors (Lipinski definition) is 0. The highest BCUT2D eigenvalue weighted by Gasteiger charge is 2.23. The van der Waals surface area contributed by atoms with Gasteiger partial charge in [-0.15, -0.1) is 0 Å². The van der Waals surface area contributed by atoms with Crippen LogP contribution in [0, 0.1) is 0 Å². The molecule has 22 heavy (non-hydrogen) atoms. The topological polar surface area (TPSA) is 8.17 Å². The lowest BCUT2D eigenvalue weighted by Crippen LogP contribution is -2.30. The Morgan fingerprint density at radius 1 is 0.955 bits per heavy atom. The number of hydrogen-bond acceptors (Lipinski definition) is 1. The van der Waals surface area contributed by atoms with Gasteiger partial charge in [-0.05, 0) is 24.1 Å². The summed E-state index contributed by atoms with van der Waals surface area (Å²) in [5.41, 5.74) is 5.90. The van der Waals surface area contributed by atoms with Gasteiger partial charge in [0, 0.05) is 49.2 Å². The van der Waals surface area contributed by atoms with E-state index >= 15 is 0 Å². The van der Waals surface area contributed by atoms with Crippen molar-refractivity contribution in [1.82, 2.24) is 9.47 Å². The van der Waals surface area contributed by atoms with Gasteiger partial charge in [0.1, 0.15) is 0 Å². The summed E-state index contributed by atoms with van der Waals surface area (Å²) >= 11 is 0. The number of nitrogens with zero attached hydrogens (tertiary/aromatic N) is 2. The molecule has 2 aromatic carbocycles. The van der Waals surface area contributed by atoms with Crippen LogP contribution in [0.2, 0.25) is 0 Å². The van der Waals surface area contributed by atoms with Crippen molar-refractivity contribution >= 4 is 10.9 Å². The Balaban J connectivity index is 1.68. The number of para-hydroxylation sites is 1. The minimum Gasteiger partial charge on any atom is -0.344 e. The fraction of sp³-hybridized carbons (Fsp3) is 0.300. The molecule has 1 aromatic heterocycles. The largest absolute Gasteiger partial charge is 0.344 e. The van der Waals surface area contributed by atoms with E-state index < -0.39 is 0 Å². The average molecular weight is 290 g/mol. The smallest absolute Gasteiger partial charge is 0.0485 e. The minimum absolute atomic E-state index is 1.05. The second-order valence-electron chi connectivity index (χ2n) is 6.13. The van der Waals surface area contributed by atoms with Gasteiger partial charge in [-0.3, -0.25) is 4.90 Å². The molecule has 0 spiro atoms. The molecule has 0 aliphatic carbocycles. The summed E-state index contributed by atoms with van der Waals surface area (Å²) in [6.45, 7) is 6.58. The highest BCUT2D eigenvalue weighted by atomic mass is 15.1. The van der Waals surface area contributed by atoms with Gasteiger partial charge in [0.05, 0.1) is 0 Å². The Labute approximate surface area is 132 Å². The second-order valence-corrected chi connectivity index (χ2v) is 6.13. The SMILES string of the molecule is CCn1c2c(c3ccccc31)CN(Cc1ccccc1)CC2. The Morgan fingerprint density at radius 2 is 1.73 bits per heavy atom. The summed E-state index contributed by atoms with van der Waals surface area (Å²) < 4.78 is 2.50. The van der Waals surface area contributed by atoms with Gasteiger partial charge >= 0.3 is 0 Å². The maximum absolute atomic E-state index is 2.57. The third-order valence-electron chi connectivity index (χ3n) is 4.81. The van der Waals surface area contributed by atoms with E-state index in [9.17, 15) is 0 Å². The number of rotatable bonds is 3. The van der Waals surface area contributed by atoms with Crippen LogP contribution >= 0.6 is 0 Å². The first kappa shape index (κ1) is 13.6. The van der Waals surface area contributed by atoms with E-state index in [1.54, 1.807) is 11.3 Å². The molecule has 0 bridgehead atoms. The van der Waals surface area contributed by atoms with Crippen molar-refractivity contribution in [3.05, 3.63) is 71.4 Å². The normalized spacial score (nSPS) is 15.1. The number of benzene rings is 2. The molecular weight excluding hydrogens is 268 g/mol. The van der Waals surface area contributed by atoms with Crippen molar-refractivity contribution in [2.75, 3.05) is 6.54 Å². The van der Waals surface area contributed by atoms with E-state index in [0.717, 1.165) is 32.6 Å². The third kappa shape index (κ3) is 2.24. The van der Waals surface area contributed by atoms with Crippen molar-refractivity contribution in [3.63, 3.8) is 0 Å². The van der Waals surface area contributed by atoms with E-state index in [2.05, 4.69) is 71.0 Å². The van der Waals surface area contributed by atoms with Crippen LogP contribution in [0.1, 0.15) is 23.7 Å². The fourth-order valence-corrected chi connectivity index (χ4v) is 3.79. The van der Waals surface area contributed by atoms with E-state index in [0.29, 0.717) is 0 Å². The summed E-state index contributed by atoms with van der Waals surface area (Å²) in [5.74, 6) is 0. The molecule has 1 aliphatic heterocycles. The van der Waals surface area contributed by atoms with Crippen LogP contribution in [0.25, 0.3) is 10.9 Å². The van der Waals surface area contributed by atoms with Gasteiger partial charge in [0.15, 0.2) is 0 Å². The van der Waals surface area contributed by atoms with E-state index in [-0.39, 0.29) is 0 Å². The molecule has 0 saturated carbocycles. The molecule has 0 fully saturated rings. The molecule has 2 nitrogen and oxygen atoms in total. The molecule has 0 amide bonds. The van der Waals surface area contributed by atoms with Crippen molar-refractivity contribution < 1.29 is 0 Å². The van der Waals surface area contributed by atoms with E-state index in [4.69, 9.17) is 0 Å². The number of fused-ring (bicyclic) bond motifs is 3. The first-order valence-electron chi connectivity index (χ1n) is 8.22. The predicted molar refractivity (Wildman–Crippen MR) is 91.9 cm³/mol. The zero-order valence-electron chi connectivity index (χ0n) is 13.1. The van der Waals surface area contributed by atoms with Crippen molar-refractivity contribution in [2.45, 2.75) is 33.0 Å². The van der Waals surface area contributed by atoms with Crippen LogP contribution in [0.4, 0.5) is 0 Å². The van der Waals surface area contributed by atoms with Gasteiger partial charge in [-0.1, -0.05) is 48.5 Å². The molecule has 112 valence electrons. The first-order chi connectivity index (χ1) is 10.9. The maximum Gasteiger partial charge on any atom is 0.0485 e. The molecule has 0 N–H and O–H groups in total. The van der Waals surface area contributed by atoms with Crippen LogP contribution in [0.5, 0.6) is 0 Å². The summed E-state index contributed by atoms with van der Waals surface area (Å²) in [7, 11) is 0. The van der Waals surface area contributed by atoms with Gasteiger partial charge in [0.2, 0.25) is 0 Å². The summed E-state index contributed by atoms with van der Waals surface area (Å²) in [4.78, 5) is 2.57. The number of aryl methyl sites for hydroxylation is 1. The monoisotopic (exact) mass is 290 g/mol. The molecule has 1 aliphatic rings.